The van der Waals surface area contributed by atoms with Crippen molar-refractivity contribution in [3.8, 4) is 17.0 Å². The van der Waals surface area contributed by atoms with Crippen LogP contribution in [0.15, 0.2) is 29.3 Å². The van der Waals surface area contributed by atoms with Crippen LogP contribution in [0, 0.1) is 6.92 Å². The number of hydrogen-bond donors (Lipinski definition) is 1. The summed E-state index contributed by atoms with van der Waals surface area (Å²) < 4.78 is 51.0. The number of alkyl halides is 3. The summed E-state index contributed by atoms with van der Waals surface area (Å²) >= 11 is -1.31. The number of likely N-dealkylation sites (tertiary alicyclic amines) is 1. The molecule has 1 fully saturated rings. The zero-order valence-corrected chi connectivity index (χ0v) is 15.8. The summed E-state index contributed by atoms with van der Waals surface area (Å²) in [6.45, 7) is 3.40. The number of hydrogen-bond acceptors (Lipinski definition) is 5. The lowest BCUT2D eigenvalue weighted by atomic mass is 10.0. The second-order valence-corrected chi connectivity index (χ2v) is 8.45. The summed E-state index contributed by atoms with van der Waals surface area (Å²) in [5.41, 5.74) is 0.0755. The zero-order chi connectivity index (χ0) is 19.8. The van der Waals surface area contributed by atoms with Crippen molar-refractivity contribution in [3.63, 3.8) is 0 Å². The molecule has 1 aromatic heterocycles. The van der Waals surface area contributed by atoms with Gasteiger partial charge in [0.2, 0.25) is 0 Å². The molecule has 3 rings (SSSR count). The van der Waals surface area contributed by atoms with Gasteiger partial charge in [-0.25, -0.2) is 0 Å². The lowest BCUT2D eigenvalue weighted by Gasteiger charge is -2.30. The van der Waals surface area contributed by atoms with Gasteiger partial charge in [-0.15, -0.1) is 5.10 Å². The van der Waals surface area contributed by atoms with Crippen LogP contribution in [0.25, 0.3) is 11.3 Å². The molecule has 0 radical (unpaired) electrons. The quantitative estimate of drug-likeness (QED) is 0.801. The highest BCUT2D eigenvalue weighted by Gasteiger charge is 2.32. The van der Waals surface area contributed by atoms with Crippen molar-refractivity contribution in [1.82, 2.24) is 15.1 Å². The number of aryl methyl sites for hydroxylation is 1. The van der Waals surface area contributed by atoms with Gasteiger partial charge in [0.1, 0.15) is 11.0 Å². The molecule has 1 aromatic carbocycles. The summed E-state index contributed by atoms with van der Waals surface area (Å²) in [4.78, 5) is 2.13. The van der Waals surface area contributed by atoms with Crippen LogP contribution in [-0.2, 0) is 17.4 Å². The molecule has 0 amide bonds. The second-order valence-electron chi connectivity index (χ2n) is 6.77. The Bertz CT molecular complexity index is 832. The third-order valence-corrected chi connectivity index (χ3v) is 6.23. The minimum atomic E-state index is -4.54. The van der Waals surface area contributed by atoms with E-state index in [4.69, 9.17) is 0 Å². The summed E-state index contributed by atoms with van der Waals surface area (Å²) in [5.74, 6) is -0.523. The summed E-state index contributed by atoms with van der Waals surface area (Å²) in [6.07, 6.45) is -2.72. The maximum atomic E-state index is 12.8. The fourth-order valence-corrected chi connectivity index (χ4v) is 4.72. The molecule has 9 heteroatoms. The number of phenols is 1. The Labute approximate surface area is 158 Å². The third-order valence-electron chi connectivity index (χ3n) is 4.63. The van der Waals surface area contributed by atoms with Gasteiger partial charge in [-0.05, 0) is 57.1 Å². The van der Waals surface area contributed by atoms with Gasteiger partial charge in [0, 0.05) is 29.4 Å². The summed E-state index contributed by atoms with van der Waals surface area (Å²) in [5, 5.41) is 18.4. The van der Waals surface area contributed by atoms with Crippen LogP contribution in [0.5, 0.6) is 5.75 Å². The van der Waals surface area contributed by atoms with E-state index >= 15 is 0 Å². The van der Waals surface area contributed by atoms with Crippen LogP contribution in [0.1, 0.15) is 24.0 Å². The monoisotopic (exact) mass is 399 g/mol. The van der Waals surface area contributed by atoms with E-state index in [0.717, 1.165) is 32.0 Å². The molecule has 0 spiro atoms. The zero-order valence-electron chi connectivity index (χ0n) is 15.0. The largest absolute Gasteiger partial charge is 0.610 e. The first-order valence-electron chi connectivity index (χ1n) is 8.51. The topological polar surface area (TPSA) is 72.3 Å². The smallest absolute Gasteiger partial charge is 0.416 e. The molecule has 1 N–H and O–H groups in total. The van der Waals surface area contributed by atoms with Gasteiger partial charge in [-0.2, -0.15) is 13.2 Å². The Morgan fingerprint density at radius 3 is 2.59 bits per heavy atom. The lowest BCUT2D eigenvalue weighted by molar-refractivity contribution is -0.137. The van der Waals surface area contributed by atoms with Crippen molar-refractivity contribution in [2.24, 2.45) is 0 Å². The number of phenolic OH excluding ortho intramolecular Hbond substituents is 1. The number of rotatable bonds is 3. The Kier molecular flexibility index (Phi) is 5.64. The van der Waals surface area contributed by atoms with E-state index in [1.165, 1.54) is 6.07 Å². The minimum Gasteiger partial charge on any atom is -0.610 e. The number of halogens is 3. The highest BCUT2D eigenvalue weighted by molar-refractivity contribution is 7.92. The molecule has 1 aliphatic heterocycles. The van der Waals surface area contributed by atoms with Crippen molar-refractivity contribution in [3.05, 3.63) is 35.4 Å². The maximum Gasteiger partial charge on any atom is 0.416 e. The number of nitrogens with zero attached hydrogens (tertiary/aromatic N) is 3. The average molecular weight is 399 g/mol. The van der Waals surface area contributed by atoms with Gasteiger partial charge in [-0.1, -0.05) is 5.10 Å². The molecule has 0 aliphatic carbocycles. The van der Waals surface area contributed by atoms with Crippen LogP contribution in [0.2, 0.25) is 0 Å². The van der Waals surface area contributed by atoms with Crippen molar-refractivity contribution in [2.75, 3.05) is 20.1 Å². The molecule has 2 heterocycles. The van der Waals surface area contributed by atoms with E-state index in [0.29, 0.717) is 16.7 Å². The Balaban J connectivity index is 1.87. The fraction of sp³-hybridized carbons (Fsp3) is 0.444. The Morgan fingerprint density at radius 1 is 1.26 bits per heavy atom. The van der Waals surface area contributed by atoms with Crippen LogP contribution in [-0.4, -0.2) is 50.1 Å². The van der Waals surface area contributed by atoms with Gasteiger partial charge in [0.25, 0.3) is 5.03 Å². The van der Waals surface area contributed by atoms with Gasteiger partial charge in [0.05, 0.1) is 11.3 Å². The first-order chi connectivity index (χ1) is 12.7. The number of benzene rings is 1. The summed E-state index contributed by atoms with van der Waals surface area (Å²) in [7, 11) is 1.98. The SMILES string of the molecule is Cc1cc([S+]([O-])[C@@H]2CCCN(C)C2)nnc1-c1ccc(C(F)(F)F)cc1O. The molecule has 0 bridgehead atoms. The second kappa shape index (κ2) is 7.65. The molecule has 2 aromatic rings. The van der Waals surface area contributed by atoms with Crippen LogP contribution < -0.4 is 0 Å². The third kappa shape index (κ3) is 4.36. The van der Waals surface area contributed by atoms with Gasteiger partial charge in [0.15, 0.2) is 0 Å². The van der Waals surface area contributed by atoms with E-state index in [1.807, 2.05) is 7.05 Å². The number of aromatic nitrogens is 2. The first kappa shape index (κ1) is 19.9. The molecular formula is C18H20F3N3O2S. The van der Waals surface area contributed by atoms with E-state index in [-0.39, 0.29) is 16.5 Å². The highest BCUT2D eigenvalue weighted by atomic mass is 32.2. The molecule has 27 heavy (non-hydrogen) atoms. The molecule has 2 atom stereocenters. The molecule has 5 nitrogen and oxygen atoms in total. The Morgan fingerprint density at radius 2 is 2.00 bits per heavy atom. The van der Waals surface area contributed by atoms with Crippen LogP contribution >= 0.6 is 0 Å². The minimum absolute atomic E-state index is 0.0252. The van der Waals surface area contributed by atoms with E-state index in [9.17, 15) is 22.8 Å². The molecule has 1 saturated heterocycles. The number of piperidine rings is 1. The normalized spacial score (nSPS) is 19.9. The maximum absolute atomic E-state index is 12.8. The molecule has 1 aliphatic rings. The highest BCUT2D eigenvalue weighted by Crippen LogP contribution is 2.37. The first-order valence-corrected chi connectivity index (χ1v) is 9.72. The molecular weight excluding hydrogens is 379 g/mol. The average Bonchev–Trinajstić information content (AvgIpc) is 2.60. The predicted octanol–water partition coefficient (Wildman–Crippen LogP) is 3.38. The van der Waals surface area contributed by atoms with Crippen LogP contribution in [0.4, 0.5) is 13.2 Å². The lowest BCUT2D eigenvalue weighted by Crippen LogP contribution is -2.40. The van der Waals surface area contributed by atoms with Crippen molar-refractivity contribution >= 4 is 11.2 Å². The van der Waals surface area contributed by atoms with Crippen molar-refractivity contribution in [1.29, 1.82) is 0 Å². The van der Waals surface area contributed by atoms with E-state index in [2.05, 4.69) is 15.1 Å². The predicted molar refractivity (Wildman–Crippen MR) is 95.8 cm³/mol. The van der Waals surface area contributed by atoms with Crippen LogP contribution in [0.3, 0.4) is 0 Å². The fourth-order valence-electron chi connectivity index (χ4n) is 3.20. The Hall–Kier alpha value is -1.84. The van der Waals surface area contributed by atoms with E-state index in [1.54, 1.807) is 13.0 Å². The van der Waals surface area contributed by atoms with Gasteiger partial charge in [-0.3, -0.25) is 0 Å². The van der Waals surface area contributed by atoms with Crippen molar-refractivity contribution in [2.45, 2.75) is 36.2 Å². The standard InChI is InChI=1S/C18H20F3N3O2S/c1-11-8-16(27(26)13-4-3-7-24(2)10-13)22-23-17(11)14-6-5-12(9-15(14)25)18(19,20)21/h5-6,8-9,13,25H,3-4,7,10H2,1-2H3/t13-,27?/m1/s1. The summed E-state index contributed by atoms with van der Waals surface area (Å²) in [6, 6.07) is 4.35. The number of aromatic hydroxyl groups is 1. The van der Waals surface area contributed by atoms with E-state index < -0.39 is 28.7 Å². The van der Waals surface area contributed by atoms with Gasteiger partial charge >= 0.3 is 6.18 Å². The van der Waals surface area contributed by atoms with Gasteiger partial charge < -0.3 is 14.6 Å². The van der Waals surface area contributed by atoms with Crippen molar-refractivity contribution < 1.29 is 22.8 Å². The molecule has 0 saturated carbocycles. The molecule has 1 unspecified atom stereocenters. The molecule has 146 valence electrons.